The summed E-state index contributed by atoms with van der Waals surface area (Å²) in [4.78, 5) is 6.11. The number of rotatable bonds is 6. The zero-order valence-electron chi connectivity index (χ0n) is 11.4. The van der Waals surface area contributed by atoms with Crippen molar-refractivity contribution in [1.82, 2.24) is 9.71 Å². The van der Waals surface area contributed by atoms with Crippen LogP contribution in [0.5, 0.6) is 0 Å². The number of nitrogens with one attached hydrogen (secondary N) is 2. The fraction of sp³-hybridized carbons (Fsp3) is 0.308. The van der Waals surface area contributed by atoms with Gasteiger partial charge in [-0.2, -0.15) is 0 Å². The Kier molecular flexibility index (Phi) is 4.74. The molecule has 20 heavy (non-hydrogen) atoms. The Labute approximate surface area is 123 Å². The first-order valence-electron chi connectivity index (χ1n) is 6.27. The van der Waals surface area contributed by atoms with Gasteiger partial charge in [0.1, 0.15) is 0 Å². The van der Waals surface area contributed by atoms with Gasteiger partial charge in [-0.3, -0.25) is 0 Å². The highest BCUT2D eigenvalue weighted by Crippen LogP contribution is 2.19. The third-order valence-electron chi connectivity index (χ3n) is 2.63. The van der Waals surface area contributed by atoms with Crippen molar-refractivity contribution in [3.05, 3.63) is 40.2 Å². The van der Waals surface area contributed by atoms with E-state index in [0.29, 0.717) is 12.2 Å². The predicted molar refractivity (Wildman–Crippen MR) is 81.5 cm³/mol. The molecule has 2 aromatic heterocycles. The van der Waals surface area contributed by atoms with Crippen molar-refractivity contribution in [2.45, 2.75) is 25.4 Å². The van der Waals surface area contributed by atoms with Gasteiger partial charge in [-0.15, -0.1) is 11.3 Å². The normalized spacial score (nSPS) is 11.5. The SMILES string of the molecule is CCNc1cccnc1S(=O)(=O)NCc1ccc(C)s1. The van der Waals surface area contributed by atoms with Gasteiger partial charge >= 0.3 is 0 Å². The second kappa shape index (κ2) is 6.34. The maximum Gasteiger partial charge on any atom is 0.260 e. The summed E-state index contributed by atoms with van der Waals surface area (Å²) in [5.41, 5.74) is 0.518. The van der Waals surface area contributed by atoms with Crippen molar-refractivity contribution in [2.24, 2.45) is 0 Å². The molecule has 0 aliphatic heterocycles. The Morgan fingerprint density at radius 2 is 2.10 bits per heavy atom. The van der Waals surface area contributed by atoms with Crippen molar-refractivity contribution < 1.29 is 8.42 Å². The van der Waals surface area contributed by atoms with Crippen LogP contribution in [0.2, 0.25) is 0 Å². The summed E-state index contributed by atoms with van der Waals surface area (Å²) in [5, 5.41) is 3.04. The lowest BCUT2D eigenvalue weighted by atomic mass is 10.4. The van der Waals surface area contributed by atoms with Gasteiger partial charge in [0.15, 0.2) is 5.03 Å². The molecule has 2 rings (SSSR count). The van der Waals surface area contributed by atoms with E-state index >= 15 is 0 Å². The second-order valence-corrected chi connectivity index (χ2v) is 7.28. The average Bonchev–Trinajstić information content (AvgIpc) is 2.83. The molecule has 0 saturated carbocycles. The molecule has 0 aromatic carbocycles. The maximum absolute atomic E-state index is 12.3. The summed E-state index contributed by atoms with van der Waals surface area (Å²) in [6.45, 7) is 4.82. The Morgan fingerprint density at radius 1 is 1.30 bits per heavy atom. The Hall–Kier alpha value is -1.44. The number of aromatic nitrogens is 1. The predicted octanol–water partition coefficient (Wildman–Crippen LogP) is 2.36. The number of aryl methyl sites for hydroxylation is 1. The number of hydrogen-bond donors (Lipinski definition) is 2. The highest BCUT2D eigenvalue weighted by Gasteiger charge is 2.19. The van der Waals surface area contributed by atoms with Crippen LogP contribution in [0.25, 0.3) is 0 Å². The molecule has 0 saturated heterocycles. The van der Waals surface area contributed by atoms with Crippen LogP contribution in [0.4, 0.5) is 5.69 Å². The van der Waals surface area contributed by atoms with Crippen molar-refractivity contribution in [3.63, 3.8) is 0 Å². The van der Waals surface area contributed by atoms with Gasteiger partial charge in [-0.1, -0.05) is 0 Å². The summed E-state index contributed by atoms with van der Waals surface area (Å²) in [5.74, 6) is 0. The van der Waals surface area contributed by atoms with Gasteiger partial charge in [0.2, 0.25) is 0 Å². The first-order chi connectivity index (χ1) is 9.53. The van der Waals surface area contributed by atoms with E-state index in [1.807, 2.05) is 26.0 Å². The third kappa shape index (κ3) is 3.56. The molecule has 108 valence electrons. The van der Waals surface area contributed by atoms with E-state index in [1.165, 1.54) is 6.20 Å². The standard InChI is InChI=1S/C13H17N3O2S2/c1-3-14-12-5-4-8-15-13(12)20(17,18)16-9-11-7-6-10(2)19-11/h4-8,14,16H,3,9H2,1-2H3. The van der Waals surface area contributed by atoms with Crippen molar-refractivity contribution in [1.29, 1.82) is 0 Å². The molecule has 5 nitrogen and oxygen atoms in total. The quantitative estimate of drug-likeness (QED) is 0.859. The van der Waals surface area contributed by atoms with Crippen molar-refractivity contribution in [3.8, 4) is 0 Å². The molecule has 0 aliphatic rings. The molecule has 2 N–H and O–H groups in total. The third-order valence-corrected chi connectivity index (χ3v) is 4.98. The van der Waals surface area contributed by atoms with Crippen LogP contribution >= 0.6 is 11.3 Å². The van der Waals surface area contributed by atoms with E-state index < -0.39 is 10.0 Å². The summed E-state index contributed by atoms with van der Waals surface area (Å²) in [7, 11) is -3.62. The minimum Gasteiger partial charge on any atom is -0.383 e. The molecule has 0 bridgehead atoms. The van der Waals surface area contributed by atoms with Gasteiger partial charge in [0, 0.05) is 29.0 Å². The van der Waals surface area contributed by atoms with E-state index in [9.17, 15) is 8.42 Å². The van der Waals surface area contributed by atoms with Crippen LogP contribution in [0.15, 0.2) is 35.5 Å². The van der Waals surface area contributed by atoms with E-state index in [1.54, 1.807) is 23.5 Å². The summed E-state index contributed by atoms with van der Waals surface area (Å²) >= 11 is 1.58. The number of nitrogens with zero attached hydrogens (tertiary/aromatic N) is 1. The average molecular weight is 311 g/mol. The topological polar surface area (TPSA) is 71.1 Å². The highest BCUT2D eigenvalue weighted by atomic mass is 32.2. The van der Waals surface area contributed by atoms with Gasteiger partial charge in [-0.05, 0) is 38.1 Å². The zero-order chi connectivity index (χ0) is 14.6. The molecule has 0 fully saturated rings. The van der Waals surface area contributed by atoms with E-state index in [0.717, 1.165) is 9.75 Å². The first-order valence-corrected chi connectivity index (χ1v) is 8.57. The molecule has 0 spiro atoms. The largest absolute Gasteiger partial charge is 0.383 e. The number of pyridine rings is 1. The van der Waals surface area contributed by atoms with Crippen LogP contribution in [0.3, 0.4) is 0 Å². The maximum atomic E-state index is 12.3. The van der Waals surface area contributed by atoms with Crippen molar-refractivity contribution in [2.75, 3.05) is 11.9 Å². The molecule has 0 amide bonds. The molecule has 2 heterocycles. The minimum absolute atomic E-state index is 0.0372. The molecule has 0 aliphatic carbocycles. The van der Waals surface area contributed by atoms with Crippen molar-refractivity contribution >= 4 is 27.0 Å². The van der Waals surface area contributed by atoms with Gasteiger partial charge in [0.05, 0.1) is 5.69 Å². The van der Waals surface area contributed by atoms with Gasteiger partial charge in [-0.25, -0.2) is 18.1 Å². The Bertz CT molecular complexity index is 680. The van der Waals surface area contributed by atoms with Crippen LogP contribution in [0, 0.1) is 6.92 Å². The number of thiophene rings is 1. The lowest BCUT2D eigenvalue weighted by molar-refractivity contribution is 0.578. The highest BCUT2D eigenvalue weighted by molar-refractivity contribution is 7.89. The van der Waals surface area contributed by atoms with E-state index in [-0.39, 0.29) is 11.6 Å². The monoisotopic (exact) mass is 311 g/mol. The van der Waals surface area contributed by atoms with Crippen LogP contribution in [-0.4, -0.2) is 19.9 Å². The first kappa shape index (κ1) is 15.0. The number of hydrogen-bond acceptors (Lipinski definition) is 5. The van der Waals surface area contributed by atoms with E-state index in [2.05, 4.69) is 15.0 Å². The van der Waals surface area contributed by atoms with Gasteiger partial charge in [0.25, 0.3) is 10.0 Å². The molecule has 0 unspecified atom stereocenters. The lowest BCUT2D eigenvalue weighted by Crippen LogP contribution is -2.25. The molecule has 0 radical (unpaired) electrons. The fourth-order valence-corrected chi connectivity index (χ4v) is 3.78. The molecular formula is C13H17N3O2S2. The smallest absolute Gasteiger partial charge is 0.260 e. The fourth-order valence-electron chi connectivity index (χ4n) is 1.74. The summed E-state index contributed by atoms with van der Waals surface area (Å²) in [6.07, 6.45) is 1.48. The Morgan fingerprint density at radius 3 is 2.75 bits per heavy atom. The molecule has 2 aromatic rings. The van der Waals surface area contributed by atoms with Crippen LogP contribution < -0.4 is 10.0 Å². The lowest BCUT2D eigenvalue weighted by Gasteiger charge is -2.10. The zero-order valence-corrected chi connectivity index (χ0v) is 13.0. The van der Waals surface area contributed by atoms with E-state index in [4.69, 9.17) is 0 Å². The Balaban J connectivity index is 2.18. The second-order valence-electron chi connectivity index (χ2n) is 4.22. The molecule has 7 heteroatoms. The number of anilines is 1. The summed E-state index contributed by atoms with van der Waals surface area (Å²) in [6, 6.07) is 7.31. The molecule has 0 atom stereocenters. The van der Waals surface area contributed by atoms with Gasteiger partial charge < -0.3 is 5.32 Å². The van der Waals surface area contributed by atoms with Crippen LogP contribution in [-0.2, 0) is 16.6 Å². The number of sulfonamides is 1. The molecular weight excluding hydrogens is 294 g/mol. The minimum atomic E-state index is -3.62. The summed E-state index contributed by atoms with van der Waals surface area (Å²) < 4.78 is 27.2. The van der Waals surface area contributed by atoms with Crippen LogP contribution in [0.1, 0.15) is 16.7 Å².